The summed E-state index contributed by atoms with van der Waals surface area (Å²) in [5, 5.41) is 3.27. The van der Waals surface area contributed by atoms with Gasteiger partial charge in [-0.05, 0) is 36.6 Å². The van der Waals surface area contributed by atoms with E-state index in [0.29, 0.717) is 29.3 Å². The van der Waals surface area contributed by atoms with Crippen LogP contribution in [0.1, 0.15) is 18.4 Å². The summed E-state index contributed by atoms with van der Waals surface area (Å²) in [6, 6.07) is 11.8. The first-order valence-corrected chi connectivity index (χ1v) is 6.51. The molecule has 1 nitrogen and oxygen atoms in total. The minimum absolute atomic E-state index is 0.242. The van der Waals surface area contributed by atoms with Gasteiger partial charge in [0.1, 0.15) is 11.6 Å². The predicted molar refractivity (Wildman–Crippen MR) is 71.7 cm³/mol. The Bertz CT molecular complexity index is 591. The molecule has 19 heavy (non-hydrogen) atoms. The van der Waals surface area contributed by atoms with Crippen LogP contribution in [0.4, 0.5) is 8.78 Å². The predicted octanol–water partition coefficient (Wildman–Crippen LogP) is 3.88. The van der Waals surface area contributed by atoms with Gasteiger partial charge in [-0.3, -0.25) is 0 Å². The molecule has 3 rings (SSSR count). The Balaban J connectivity index is 1.89. The van der Waals surface area contributed by atoms with Gasteiger partial charge in [-0.25, -0.2) is 8.78 Å². The number of hydrogen-bond acceptors (Lipinski definition) is 1. The number of rotatable bonds is 4. The van der Waals surface area contributed by atoms with E-state index >= 15 is 0 Å². The average Bonchev–Trinajstić information content (AvgIpc) is 3.23. The SMILES string of the molecule is Fc1ccc(-c2ccccc2F)cc1CNC1CC1. The third-order valence-corrected chi connectivity index (χ3v) is 3.39. The lowest BCUT2D eigenvalue weighted by molar-refractivity contribution is 0.587. The van der Waals surface area contributed by atoms with Gasteiger partial charge >= 0.3 is 0 Å². The molecule has 0 aromatic heterocycles. The molecule has 0 atom stereocenters. The van der Waals surface area contributed by atoms with E-state index in [2.05, 4.69) is 5.32 Å². The van der Waals surface area contributed by atoms with E-state index in [-0.39, 0.29) is 11.6 Å². The Kier molecular flexibility index (Phi) is 3.30. The molecule has 0 aliphatic heterocycles. The Labute approximate surface area is 111 Å². The van der Waals surface area contributed by atoms with Crippen molar-refractivity contribution in [3.05, 3.63) is 59.7 Å². The van der Waals surface area contributed by atoms with Crippen LogP contribution >= 0.6 is 0 Å². The Morgan fingerprint density at radius 3 is 2.53 bits per heavy atom. The molecule has 2 aromatic rings. The molecule has 0 unspecified atom stereocenters. The van der Waals surface area contributed by atoms with Gasteiger partial charge < -0.3 is 5.32 Å². The van der Waals surface area contributed by atoms with Crippen LogP contribution in [-0.2, 0) is 6.54 Å². The Morgan fingerprint density at radius 1 is 1.00 bits per heavy atom. The van der Waals surface area contributed by atoms with Crippen molar-refractivity contribution in [3.8, 4) is 11.1 Å². The van der Waals surface area contributed by atoms with Gasteiger partial charge in [0.05, 0.1) is 0 Å². The van der Waals surface area contributed by atoms with E-state index in [1.807, 2.05) is 0 Å². The molecule has 1 aliphatic carbocycles. The summed E-state index contributed by atoms with van der Waals surface area (Å²) in [7, 11) is 0. The normalized spacial score (nSPS) is 14.6. The summed E-state index contributed by atoms with van der Waals surface area (Å²) in [6.45, 7) is 0.499. The van der Waals surface area contributed by atoms with Crippen LogP contribution in [0.2, 0.25) is 0 Å². The third-order valence-electron chi connectivity index (χ3n) is 3.39. The fourth-order valence-corrected chi connectivity index (χ4v) is 2.11. The Hall–Kier alpha value is -1.74. The summed E-state index contributed by atoms with van der Waals surface area (Å²) in [5.74, 6) is -0.525. The quantitative estimate of drug-likeness (QED) is 0.878. The monoisotopic (exact) mass is 259 g/mol. The minimum atomic E-state index is -0.282. The number of benzene rings is 2. The molecule has 0 spiro atoms. The lowest BCUT2D eigenvalue weighted by atomic mass is 10.0. The molecule has 1 N–H and O–H groups in total. The lowest BCUT2D eigenvalue weighted by Gasteiger charge is -2.08. The van der Waals surface area contributed by atoms with Gasteiger partial charge in [0, 0.05) is 23.7 Å². The average molecular weight is 259 g/mol. The molecule has 0 bridgehead atoms. The van der Waals surface area contributed by atoms with Crippen molar-refractivity contribution in [1.29, 1.82) is 0 Å². The second-order valence-corrected chi connectivity index (χ2v) is 4.94. The van der Waals surface area contributed by atoms with Crippen LogP contribution in [0.3, 0.4) is 0 Å². The lowest BCUT2D eigenvalue weighted by Crippen LogP contribution is -2.16. The fourth-order valence-electron chi connectivity index (χ4n) is 2.11. The van der Waals surface area contributed by atoms with E-state index in [0.717, 1.165) is 12.8 Å². The second-order valence-electron chi connectivity index (χ2n) is 4.94. The highest BCUT2D eigenvalue weighted by molar-refractivity contribution is 5.64. The van der Waals surface area contributed by atoms with Crippen molar-refractivity contribution in [1.82, 2.24) is 5.32 Å². The van der Waals surface area contributed by atoms with Crippen molar-refractivity contribution in [3.63, 3.8) is 0 Å². The van der Waals surface area contributed by atoms with Crippen molar-refractivity contribution in [2.75, 3.05) is 0 Å². The van der Waals surface area contributed by atoms with Crippen LogP contribution in [-0.4, -0.2) is 6.04 Å². The van der Waals surface area contributed by atoms with Crippen LogP contribution in [0.15, 0.2) is 42.5 Å². The standard InChI is InChI=1S/C16H15F2N/c17-15-8-5-11(14-3-1-2-4-16(14)18)9-12(15)10-19-13-6-7-13/h1-5,8-9,13,19H,6-7,10H2. The number of nitrogens with one attached hydrogen (secondary N) is 1. The van der Waals surface area contributed by atoms with E-state index in [4.69, 9.17) is 0 Å². The van der Waals surface area contributed by atoms with E-state index in [9.17, 15) is 8.78 Å². The van der Waals surface area contributed by atoms with Gasteiger partial charge in [-0.1, -0.05) is 24.3 Å². The molecule has 2 aromatic carbocycles. The van der Waals surface area contributed by atoms with Crippen molar-refractivity contribution in [2.24, 2.45) is 0 Å². The molecule has 98 valence electrons. The van der Waals surface area contributed by atoms with Gasteiger partial charge in [-0.15, -0.1) is 0 Å². The topological polar surface area (TPSA) is 12.0 Å². The highest BCUT2D eigenvalue weighted by Crippen LogP contribution is 2.25. The summed E-state index contributed by atoms with van der Waals surface area (Å²) < 4.78 is 27.4. The second kappa shape index (κ2) is 5.10. The van der Waals surface area contributed by atoms with Crippen molar-refractivity contribution >= 4 is 0 Å². The maximum absolute atomic E-state index is 13.7. The third kappa shape index (κ3) is 2.82. The van der Waals surface area contributed by atoms with Crippen molar-refractivity contribution in [2.45, 2.75) is 25.4 Å². The molecular formula is C16H15F2N. The molecule has 0 amide bonds. The van der Waals surface area contributed by atoms with Crippen LogP contribution in [0.25, 0.3) is 11.1 Å². The maximum atomic E-state index is 13.7. The van der Waals surface area contributed by atoms with Crippen LogP contribution in [0, 0.1) is 11.6 Å². The Morgan fingerprint density at radius 2 is 1.79 bits per heavy atom. The summed E-state index contributed by atoms with van der Waals surface area (Å²) in [4.78, 5) is 0. The van der Waals surface area contributed by atoms with Gasteiger partial charge in [0.15, 0.2) is 0 Å². The van der Waals surface area contributed by atoms with Gasteiger partial charge in [-0.2, -0.15) is 0 Å². The molecule has 1 saturated carbocycles. The molecule has 1 aliphatic rings. The largest absolute Gasteiger partial charge is 0.310 e. The smallest absolute Gasteiger partial charge is 0.131 e. The fraction of sp³-hybridized carbons (Fsp3) is 0.250. The molecule has 0 radical (unpaired) electrons. The summed E-state index contributed by atoms with van der Waals surface area (Å²) in [6.07, 6.45) is 2.32. The van der Waals surface area contributed by atoms with Gasteiger partial charge in [0.25, 0.3) is 0 Å². The highest BCUT2D eigenvalue weighted by atomic mass is 19.1. The van der Waals surface area contributed by atoms with Crippen molar-refractivity contribution < 1.29 is 8.78 Å². The zero-order chi connectivity index (χ0) is 13.2. The molecule has 0 heterocycles. The van der Waals surface area contributed by atoms with Gasteiger partial charge in [0.2, 0.25) is 0 Å². The first-order valence-electron chi connectivity index (χ1n) is 6.51. The number of hydrogen-bond donors (Lipinski definition) is 1. The molecule has 0 saturated heterocycles. The zero-order valence-corrected chi connectivity index (χ0v) is 10.5. The highest BCUT2D eigenvalue weighted by Gasteiger charge is 2.20. The summed E-state index contributed by atoms with van der Waals surface area (Å²) >= 11 is 0. The van der Waals surface area contributed by atoms with Crippen LogP contribution < -0.4 is 5.32 Å². The maximum Gasteiger partial charge on any atom is 0.131 e. The first-order chi connectivity index (χ1) is 9.24. The minimum Gasteiger partial charge on any atom is -0.310 e. The summed E-state index contributed by atoms with van der Waals surface area (Å²) in [5.41, 5.74) is 1.81. The number of halogens is 2. The van der Waals surface area contributed by atoms with E-state index in [1.165, 1.54) is 12.1 Å². The molecule has 1 fully saturated rings. The zero-order valence-electron chi connectivity index (χ0n) is 10.5. The van der Waals surface area contributed by atoms with Crippen LogP contribution in [0.5, 0.6) is 0 Å². The van der Waals surface area contributed by atoms with E-state index in [1.54, 1.807) is 30.3 Å². The van der Waals surface area contributed by atoms with E-state index < -0.39 is 0 Å². The molecule has 3 heteroatoms. The first kappa shape index (κ1) is 12.3. The molecular weight excluding hydrogens is 244 g/mol.